The van der Waals surface area contributed by atoms with Crippen molar-refractivity contribution in [3.8, 4) is 17.3 Å². The highest BCUT2D eigenvalue weighted by Crippen LogP contribution is 2.21. The van der Waals surface area contributed by atoms with E-state index in [9.17, 15) is 4.79 Å². The number of nitrogens with zero attached hydrogens (tertiary/aromatic N) is 3. The second-order valence-electron chi connectivity index (χ2n) is 3.79. The molecule has 2 heterocycles. The molecule has 0 aliphatic rings. The molecule has 2 rings (SSSR count). The van der Waals surface area contributed by atoms with Crippen LogP contribution in [0.5, 0.6) is 0 Å². The second kappa shape index (κ2) is 6.16. The molecule has 0 radical (unpaired) electrons. The molecule has 0 unspecified atom stereocenters. The van der Waals surface area contributed by atoms with E-state index >= 15 is 0 Å². The fourth-order valence-corrected chi connectivity index (χ4v) is 2.26. The molecule has 0 fully saturated rings. The van der Waals surface area contributed by atoms with Crippen LogP contribution in [0.15, 0.2) is 34.5 Å². The Morgan fingerprint density at radius 3 is 2.79 bits per heavy atom. The van der Waals surface area contributed by atoms with Gasteiger partial charge in [-0.3, -0.25) is 9.78 Å². The first kappa shape index (κ1) is 13.3. The van der Waals surface area contributed by atoms with Gasteiger partial charge in [-0.15, -0.1) is 0 Å². The van der Waals surface area contributed by atoms with Gasteiger partial charge in [-0.1, -0.05) is 18.7 Å². The van der Waals surface area contributed by atoms with Crippen LogP contribution in [0.3, 0.4) is 0 Å². The Morgan fingerprint density at radius 2 is 2.16 bits per heavy atom. The minimum absolute atomic E-state index is 0.0343. The Labute approximate surface area is 114 Å². The highest BCUT2D eigenvalue weighted by molar-refractivity contribution is 7.99. The van der Waals surface area contributed by atoms with Crippen molar-refractivity contribution < 1.29 is 0 Å². The third-order valence-electron chi connectivity index (χ3n) is 2.41. The van der Waals surface area contributed by atoms with Crippen LogP contribution in [0.4, 0.5) is 0 Å². The van der Waals surface area contributed by atoms with Gasteiger partial charge in [0.25, 0.3) is 5.56 Å². The van der Waals surface area contributed by atoms with Crippen LogP contribution in [-0.2, 0) is 0 Å². The van der Waals surface area contributed by atoms with Gasteiger partial charge < -0.3 is 4.98 Å². The lowest BCUT2D eigenvalue weighted by Crippen LogP contribution is -2.14. The van der Waals surface area contributed by atoms with Gasteiger partial charge in [0.2, 0.25) is 0 Å². The molecule has 0 spiro atoms. The highest BCUT2D eigenvalue weighted by atomic mass is 32.2. The number of hydrogen-bond donors (Lipinski definition) is 1. The molecule has 0 bridgehead atoms. The maximum atomic E-state index is 11.9. The van der Waals surface area contributed by atoms with Gasteiger partial charge in [-0.05, 0) is 18.6 Å². The number of nitriles is 1. The third kappa shape index (κ3) is 3.01. The number of aromatic nitrogens is 3. The summed E-state index contributed by atoms with van der Waals surface area (Å²) in [6.07, 6.45) is 4.20. The van der Waals surface area contributed by atoms with Crippen molar-refractivity contribution >= 4 is 11.8 Å². The first-order valence-corrected chi connectivity index (χ1v) is 6.82. The molecule has 2 aromatic rings. The number of aromatic amines is 1. The summed E-state index contributed by atoms with van der Waals surface area (Å²) < 4.78 is 0. The van der Waals surface area contributed by atoms with E-state index in [4.69, 9.17) is 5.26 Å². The summed E-state index contributed by atoms with van der Waals surface area (Å²) in [4.78, 5) is 22.8. The SMILES string of the molecule is CCCSc1nc(-c2ccncc2)c(C#N)c(=O)[nH]1. The summed E-state index contributed by atoms with van der Waals surface area (Å²) in [5, 5.41) is 9.63. The summed E-state index contributed by atoms with van der Waals surface area (Å²) in [7, 11) is 0. The van der Waals surface area contributed by atoms with E-state index in [2.05, 4.69) is 21.9 Å². The zero-order valence-electron chi connectivity index (χ0n) is 10.4. The van der Waals surface area contributed by atoms with Crippen molar-refractivity contribution in [2.45, 2.75) is 18.5 Å². The molecule has 6 heteroatoms. The zero-order valence-corrected chi connectivity index (χ0v) is 11.2. The highest BCUT2D eigenvalue weighted by Gasteiger charge is 2.13. The molecule has 19 heavy (non-hydrogen) atoms. The fourth-order valence-electron chi connectivity index (χ4n) is 1.54. The monoisotopic (exact) mass is 272 g/mol. The van der Waals surface area contributed by atoms with Crippen LogP contribution in [-0.4, -0.2) is 20.7 Å². The molecule has 0 aliphatic heterocycles. The van der Waals surface area contributed by atoms with Gasteiger partial charge in [-0.25, -0.2) is 4.98 Å². The van der Waals surface area contributed by atoms with E-state index < -0.39 is 5.56 Å². The Balaban J connectivity index is 2.55. The smallest absolute Gasteiger partial charge is 0.270 e. The summed E-state index contributed by atoms with van der Waals surface area (Å²) in [6.45, 7) is 2.05. The predicted molar refractivity (Wildman–Crippen MR) is 73.8 cm³/mol. The van der Waals surface area contributed by atoms with E-state index in [1.807, 2.05) is 6.07 Å². The van der Waals surface area contributed by atoms with Gasteiger partial charge >= 0.3 is 0 Å². The molecule has 2 aromatic heterocycles. The van der Waals surface area contributed by atoms with Crippen LogP contribution >= 0.6 is 11.8 Å². The number of pyridine rings is 1. The Hall–Kier alpha value is -2.13. The number of H-pyrrole nitrogens is 1. The average Bonchev–Trinajstić information content (AvgIpc) is 2.45. The summed E-state index contributed by atoms with van der Waals surface area (Å²) in [5.41, 5.74) is 0.762. The summed E-state index contributed by atoms with van der Waals surface area (Å²) >= 11 is 1.47. The average molecular weight is 272 g/mol. The first-order chi connectivity index (χ1) is 9.26. The molecule has 0 aliphatic carbocycles. The predicted octanol–water partition coefficient (Wildman–Crippen LogP) is 2.21. The molecular weight excluding hydrogens is 260 g/mol. The molecule has 0 atom stereocenters. The van der Waals surface area contributed by atoms with Crippen molar-refractivity contribution in [3.05, 3.63) is 40.4 Å². The number of thioether (sulfide) groups is 1. The van der Waals surface area contributed by atoms with Crippen molar-refractivity contribution in [2.24, 2.45) is 0 Å². The number of nitrogens with one attached hydrogen (secondary N) is 1. The van der Waals surface area contributed by atoms with Crippen LogP contribution in [0.2, 0.25) is 0 Å². The minimum Gasteiger partial charge on any atom is -0.300 e. The third-order valence-corrected chi connectivity index (χ3v) is 3.49. The molecule has 0 amide bonds. The minimum atomic E-state index is -0.400. The maximum absolute atomic E-state index is 11.9. The molecular formula is C13H12N4OS. The van der Waals surface area contributed by atoms with E-state index in [0.29, 0.717) is 10.9 Å². The van der Waals surface area contributed by atoms with E-state index in [1.54, 1.807) is 24.5 Å². The lowest BCUT2D eigenvalue weighted by atomic mass is 10.1. The molecule has 0 saturated carbocycles. The lowest BCUT2D eigenvalue weighted by molar-refractivity contribution is 0.931. The topological polar surface area (TPSA) is 82.4 Å². The van der Waals surface area contributed by atoms with Crippen molar-refractivity contribution in [2.75, 3.05) is 5.75 Å². The molecule has 0 aromatic carbocycles. The molecule has 96 valence electrons. The van der Waals surface area contributed by atoms with Crippen molar-refractivity contribution in [1.29, 1.82) is 5.26 Å². The van der Waals surface area contributed by atoms with E-state index in [1.165, 1.54) is 11.8 Å². The molecule has 1 N–H and O–H groups in total. The quantitative estimate of drug-likeness (QED) is 0.681. The Kier molecular flexibility index (Phi) is 4.31. The van der Waals surface area contributed by atoms with Gasteiger partial charge in [-0.2, -0.15) is 5.26 Å². The van der Waals surface area contributed by atoms with Crippen LogP contribution in [0.1, 0.15) is 18.9 Å². The summed E-state index contributed by atoms with van der Waals surface area (Å²) in [6, 6.07) is 5.38. The van der Waals surface area contributed by atoms with Gasteiger partial charge in [0.05, 0.1) is 5.69 Å². The first-order valence-electron chi connectivity index (χ1n) is 5.84. The van der Waals surface area contributed by atoms with E-state index in [-0.39, 0.29) is 5.56 Å². The molecule has 5 nitrogen and oxygen atoms in total. The number of rotatable bonds is 4. The summed E-state index contributed by atoms with van der Waals surface area (Å²) in [5.74, 6) is 0.866. The Morgan fingerprint density at radius 1 is 1.42 bits per heavy atom. The number of hydrogen-bond acceptors (Lipinski definition) is 5. The van der Waals surface area contributed by atoms with Crippen LogP contribution < -0.4 is 5.56 Å². The van der Waals surface area contributed by atoms with Gasteiger partial charge in [0, 0.05) is 23.7 Å². The van der Waals surface area contributed by atoms with Crippen LogP contribution in [0.25, 0.3) is 11.3 Å². The molecule has 0 saturated heterocycles. The van der Waals surface area contributed by atoms with Gasteiger partial charge in [0.15, 0.2) is 5.16 Å². The van der Waals surface area contributed by atoms with Crippen LogP contribution in [0, 0.1) is 11.3 Å². The van der Waals surface area contributed by atoms with E-state index in [0.717, 1.165) is 17.7 Å². The van der Waals surface area contributed by atoms with Crippen molar-refractivity contribution in [1.82, 2.24) is 15.0 Å². The lowest BCUT2D eigenvalue weighted by Gasteiger charge is -2.05. The van der Waals surface area contributed by atoms with Crippen molar-refractivity contribution in [3.63, 3.8) is 0 Å². The Bertz CT molecular complexity index is 661. The fraction of sp³-hybridized carbons (Fsp3) is 0.231. The standard InChI is InChI=1S/C13H12N4OS/c1-2-7-19-13-16-11(9-3-5-15-6-4-9)10(8-14)12(18)17-13/h3-6H,2,7H2,1H3,(H,16,17,18). The maximum Gasteiger partial charge on any atom is 0.270 e. The zero-order chi connectivity index (χ0) is 13.7. The van der Waals surface area contributed by atoms with Gasteiger partial charge in [0.1, 0.15) is 11.6 Å². The normalized spacial score (nSPS) is 10.1. The second-order valence-corrected chi connectivity index (χ2v) is 4.87. The largest absolute Gasteiger partial charge is 0.300 e.